The molecule has 1 atom stereocenters. The number of esters is 1. The third-order valence-electron chi connectivity index (χ3n) is 5.85. The normalized spacial score (nSPS) is 11.3. The van der Waals surface area contributed by atoms with Crippen molar-refractivity contribution in [2.75, 3.05) is 33.2 Å². The van der Waals surface area contributed by atoms with Crippen molar-refractivity contribution >= 4 is 34.6 Å². The van der Waals surface area contributed by atoms with Crippen LogP contribution in [0.2, 0.25) is 0 Å². The Hall–Kier alpha value is -4.33. The molecule has 3 aromatic rings. The lowest BCUT2D eigenvalue weighted by molar-refractivity contribution is -0.140. The van der Waals surface area contributed by atoms with E-state index in [1.807, 2.05) is 12.1 Å². The molecule has 14 heteroatoms. The lowest BCUT2D eigenvalue weighted by Gasteiger charge is -2.28. The van der Waals surface area contributed by atoms with E-state index in [2.05, 4.69) is 25.6 Å². The highest BCUT2D eigenvalue weighted by Crippen LogP contribution is 2.27. The third kappa shape index (κ3) is 8.59. The zero-order valence-corrected chi connectivity index (χ0v) is 22.9. The minimum Gasteiger partial charge on any atom is -0.497 e. The fourth-order valence-electron chi connectivity index (χ4n) is 3.54. The summed E-state index contributed by atoms with van der Waals surface area (Å²) in [7, 11) is 4.30. The van der Waals surface area contributed by atoms with E-state index in [0.29, 0.717) is 23.6 Å². The molecule has 40 heavy (non-hydrogen) atoms. The van der Waals surface area contributed by atoms with Gasteiger partial charge in [-0.1, -0.05) is 23.5 Å². The number of hydrogen-bond acceptors (Lipinski definition) is 9. The Morgan fingerprint density at radius 3 is 2.52 bits per heavy atom. The summed E-state index contributed by atoms with van der Waals surface area (Å²) in [4.78, 5) is 38.0. The van der Waals surface area contributed by atoms with Crippen LogP contribution in [0, 0.1) is 11.6 Å². The van der Waals surface area contributed by atoms with Crippen LogP contribution in [-0.4, -0.2) is 67.1 Å². The quantitative estimate of drug-likeness (QED) is 0.299. The van der Waals surface area contributed by atoms with Gasteiger partial charge in [0.2, 0.25) is 5.13 Å². The number of carbonyl (C=O) groups excluding carboxylic acids is 3. The molecule has 0 aliphatic carbocycles. The van der Waals surface area contributed by atoms with Crippen LogP contribution in [0.1, 0.15) is 24.8 Å². The monoisotopic (exact) mass is 577 g/mol. The van der Waals surface area contributed by atoms with Crippen molar-refractivity contribution in [2.45, 2.75) is 31.8 Å². The van der Waals surface area contributed by atoms with E-state index in [0.717, 1.165) is 23.0 Å². The lowest BCUT2D eigenvalue weighted by Crippen LogP contribution is -2.46. The topological polar surface area (TPSA) is 132 Å². The number of anilines is 1. The summed E-state index contributed by atoms with van der Waals surface area (Å²) in [6, 6.07) is 9.60. The zero-order chi connectivity index (χ0) is 29.1. The number of halogens is 2. The standard InChI is InChI=1S/C26H29F2N5O6S/c1-33(25(35)29-14-17-6-4-8-20(27)22(17)28)18(7-5-9-21(34)38-3)15-39-26(36)30-24-32-31-23(40-24)16-10-12-19(37-2)13-11-16/h4,6,8,10-13,18H,5,7,9,14-15H2,1-3H3,(H,29,35)(H,30,32,36)/t18-/m0/s1. The van der Waals surface area contributed by atoms with Crippen molar-refractivity contribution in [3.8, 4) is 16.3 Å². The Kier molecular flexibility index (Phi) is 11.1. The highest BCUT2D eigenvalue weighted by atomic mass is 32.1. The molecule has 3 rings (SSSR count). The number of aromatic nitrogens is 2. The van der Waals surface area contributed by atoms with E-state index >= 15 is 0 Å². The second kappa shape index (κ2) is 14.7. The van der Waals surface area contributed by atoms with Crippen LogP contribution in [0.3, 0.4) is 0 Å². The molecule has 0 spiro atoms. The molecular formula is C26H29F2N5O6S. The number of methoxy groups -OCH3 is 2. The molecule has 3 amide bonds. The number of ether oxygens (including phenoxy) is 3. The minimum absolute atomic E-state index is 0.0225. The van der Waals surface area contributed by atoms with Crippen molar-refractivity contribution in [2.24, 2.45) is 0 Å². The largest absolute Gasteiger partial charge is 0.497 e. The highest BCUT2D eigenvalue weighted by Gasteiger charge is 2.23. The number of carbonyl (C=O) groups is 3. The lowest BCUT2D eigenvalue weighted by atomic mass is 10.1. The molecule has 0 saturated heterocycles. The maximum absolute atomic E-state index is 13.9. The van der Waals surface area contributed by atoms with Gasteiger partial charge in [-0.25, -0.2) is 18.4 Å². The van der Waals surface area contributed by atoms with Crippen LogP contribution >= 0.6 is 11.3 Å². The van der Waals surface area contributed by atoms with E-state index in [-0.39, 0.29) is 30.3 Å². The number of rotatable bonds is 12. The molecule has 11 nitrogen and oxygen atoms in total. The second-order valence-corrected chi connectivity index (χ2v) is 9.45. The molecule has 214 valence electrons. The molecule has 0 radical (unpaired) electrons. The first-order valence-corrected chi connectivity index (χ1v) is 13.0. The van der Waals surface area contributed by atoms with Gasteiger partial charge >= 0.3 is 18.1 Å². The van der Waals surface area contributed by atoms with Crippen LogP contribution in [-0.2, 0) is 20.8 Å². The number of amides is 3. The molecule has 0 fully saturated rings. The van der Waals surface area contributed by atoms with Gasteiger partial charge in [0.25, 0.3) is 0 Å². The van der Waals surface area contributed by atoms with Crippen LogP contribution in [0.5, 0.6) is 5.75 Å². The molecule has 1 aromatic heterocycles. The summed E-state index contributed by atoms with van der Waals surface area (Å²) >= 11 is 1.14. The number of nitrogens with one attached hydrogen (secondary N) is 2. The summed E-state index contributed by atoms with van der Waals surface area (Å²) in [6.07, 6.45) is -0.0745. The van der Waals surface area contributed by atoms with Gasteiger partial charge < -0.3 is 24.4 Å². The first kappa shape index (κ1) is 30.2. The number of likely N-dealkylation sites (N-methyl/N-ethyl adjacent to an activating group) is 1. The van der Waals surface area contributed by atoms with Crippen molar-refractivity contribution in [1.82, 2.24) is 20.4 Å². The first-order chi connectivity index (χ1) is 19.2. The summed E-state index contributed by atoms with van der Waals surface area (Å²) in [6.45, 7) is -0.466. The van der Waals surface area contributed by atoms with Gasteiger partial charge in [-0.05, 0) is 43.2 Å². The molecule has 2 aromatic carbocycles. The van der Waals surface area contributed by atoms with E-state index < -0.39 is 35.8 Å². The average Bonchev–Trinajstić information content (AvgIpc) is 3.43. The fourth-order valence-corrected chi connectivity index (χ4v) is 4.27. The van der Waals surface area contributed by atoms with Gasteiger partial charge in [0.1, 0.15) is 17.4 Å². The van der Waals surface area contributed by atoms with Gasteiger partial charge in [0.05, 0.1) is 20.3 Å². The molecule has 0 saturated carbocycles. The SMILES string of the molecule is COC(=O)CCC[C@@H](COC(=O)Nc1nnc(-c2ccc(OC)cc2)s1)N(C)C(=O)NCc1cccc(F)c1F. The minimum atomic E-state index is -1.05. The third-order valence-corrected chi connectivity index (χ3v) is 6.74. The predicted molar refractivity (Wildman–Crippen MR) is 143 cm³/mol. The van der Waals surface area contributed by atoms with Crippen LogP contribution in [0.4, 0.5) is 23.5 Å². The first-order valence-electron chi connectivity index (χ1n) is 12.1. The Labute approximate surface area is 233 Å². The van der Waals surface area contributed by atoms with E-state index in [1.54, 1.807) is 19.2 Å². The maximum atomic E-state index is 13.9. The summed E-state index contributed by atoms with van der Waals surface area (Å²) in [5.74, 6) is -1.80. The summed E-state index contributed by atoms with van der Waals surface area (Å²) in [5.41, 5.74) is 0.766. The Morgan fingerprint density at radius 2 is 1.82 bits per heavy atom. The molecule has 1 heterocycles. The maximum Gasteiger partial charge on any atom is 0.413 e. The predicted octanol–water partition coefficient (Wildman–Crippen LogP) is 4.59. The molecule has 0 bridgehead atoms. The zero-order valence-electron chi connectivity index (χ0n) is 22.1. The number of benzene rings is 2. The van der Waals surface area contributed by atoms with Crippen molar-refractivity contribution in [3.63, 3.8) is 0 Å². The van der Waals surface area contributed by atoms with Crippen LogP contribution in [0.15, 0.2) is 42.5 Å². The van der Waals surface area contributed by atoms with E-state index in [9.17, 15) is 23.2 Å². The molecule has 2 N–H and O–H groups in total. The van der Waals surface area contributed by atoms with Crippen LogP contribution < -0.4 is 15.4 Å². The molecule has 0 aliphatic heterocycles. The molecular weight excluding hydrogens is 548 g/mol. The van der Waals surface area contributed by atoms with Gasteiger partial charge in [-0.15, -0.1) is 10.2 Å². The Morgan fingerprint density at radius 1 is 1.07 bits per heavy atom. The van der Waals surface area contributed by atoms with Gasteiger partial charge in [0, 0.05) is 31.1 Å². The van der Waals surface area contributed by atoms with E-state index in [4.69, 9.17) is 9.47 Å². The number of nitrogens with zero attached hydrogens (tertiary/aromatic N) is 3. The van der Waals surface area contributed by atoms with Gasteiger partial charge in [-0.2, -0.15) is 0 Å². The molecule has 0 aliphatic rings. The highest BCUT2D eigenvalue weighted by molar-refractivity contribution is 7.18. The molecule has 0 unspecified atom stereocenters. The van der Waals surface area contributed by atoms with Gasteiger partial charge in [0.15, 0.2) is 11.6 Å². The van der Waals surface area contributed by atoms with Crippen molar-refractivity contribution < 1.29 is 37.4 Å². The average molecular weight is 578 g/mol. The smallest absolute Gasteiger partial charge is 0.413 e. The second-order valence-electron chi connectivity index (χ2n) is 8.47. The number of hydrogen-bond donors (Lipinski definition) is 2. The summed E-state index contributed by atoms with van der Waals surface area (Å²) < 4.78 is 42.5. The van der Waals surface area contributed by atoms with Crippen LogP contribution in [0.25, 0.3) is 10.6 Å². The Balaban J connectivity index is 1.58. The van der Waals surface area contributed by atoms with Gasteiger partial charge in [-0.3, -0.25) is 10.1 Å². The fraction of sp³-hybridized carbons (Fsp3) is 0.346. The van der Waals surface area contributed by atoms with Crippen molar-refractivity contribution in [1.29, 1.82) is 0 Å². The summed E-state index contributed by atoms with van der Waals surface area (Å²) in [5, 5.41) is 13.8. The van der Waals surface area contributed by atoms with E-state index in [1.165, 1.54) is 31.2 Å². The Bertz CT molecular complexity index is 1310. The number of urea groups is 1. The van der Waals surface area contributed by atoms with Crippen molar-refractivity contribution in [3.05, 3.63) is 59.7 Å².